The second-order valence-corrected chi connectivity index (χ2v) is 12.2. The van der Waals surface area contributed by atoms with Crippen LogP contribution in [0.3, 0.4) is 0 Å². The summed E-state index contributed by atoms with van der Waals surface area (Å²) in [6.07, 6.45) is -2.86. The van der Waals surface area contributed by atoms with Crippen molar-refractivity contribution in [2.45, 2.75) is 82.8 Å². The summed E-state index contributed by atoms with van der Waals surface area (Å²) in [5.41, 5.74) is 0.388. The molecule has 0 aromatic heterocycles. The van der Waals surface area contributed by atoms with Gasteiger partial charge in [-0.3, -0.25) is 14.5 Å². The third-order valence-electron chi connectivity index (χ3n) is 8.09. The van der Waals surface area contributed by atoms with Crippen LogP contribution in [0.15, 0.2) is 42.5 Å². The number of amides is 3. The second kappa shape index (κ2) is 12.0. The first-order chi connectivity index (χ1) is 19.9. The first-order valence-corrected chi connectivity index (χ1v) is 14.3. The lowest BCUT2D eigenvalue weighted by Crippen LogP contribution is -2.54. The molecule has 2 unspecified atom stereocenters. The van der Waals surface area contributed by atoms with E-state index in [4.69, 9.17) is 9.47 Å². The lowest BCUT2D eigenvalue weighted by molar-refractivity contribution is -0.0113. The van der Waals surface area contributed by atoms with Gasteiger partial charge in [-0.1, -0.05) is 24.3 Å². The fraction of sp³-hybridized carbons (Fsp3) is 0.516. The van der Waals surface area contributed by atoms with Crippen molar-refractivity contribution in [1.82, 2.24) is 15.1 Å². The van der Waals surface area contributed by atoms with Crippen LogP contribution in [0, 0.1) is 0 Å². The Labute approximate surface area is 243 Å². The summed E-state index contributed by atoms with van der Waals surface area (Å²) in [5.74, 6) is -1.16. The number of hydrogen-bond acceptors (Lipinski definition) is 6. The largest absolute Gasteiger partial charge is 0.444 e. The molecule has 3 heterocycles. The van der Waals surface area contributed by atoms with E-state index < -0.39 is 41.7 Å². The molecule has 9 nitrogen and oxygen atoms in total. The molecule has 2 N–H and O–H groups in total. The van der Waals surface area contributed by atoms with Crippen LogP contribution in [0.1, 0.15) is 77.4 Å². The molecule has 42 heavy (non-hydrogen) atoms. The summed E-state index contributed by atoms with van der Waals surface area (Å²) < 4.78 is 39.3. The van der Waals surface area contributed by atoms with Crippen LogP contribution in [-0.4, -0.2) is 82.4 Å². The van der Waals surface area contributed by atoms with Crippen molar-refractivity contribution in [2.75, 3.05) is 19.8 Å². The maximum absolute atomic E-state index is 14.1. The molecule has 0 aliphatic carbocycles. The van der Waals surface area contributed by atoms with Crippen LogP contribution in [-0.2, 0) is 22.4 Å². The molecule has 226 valence electrons. The Morgan fingerprint density at radius 2 is 1.74 bits per heavy atom. The molecule has 11 heteroatoms. The van der Waals surface area contributed by atoms with Crippen LogP contribution in [0.2, 0.25) is 0 Å². The van der Waals surface area contributed by atoms with Crippen molar-refractivity contribution >= 4 is 17.9 Å². The highest BCUT2D eigenvalue weighted by Gasteiger charge is 2.41. The number of hydrogen-bond donors (Lipinski definition) is 2. The van der Waals surface area contributed by atoms with Crippen molar-refractivity contribution in [2.24, 2.45) is 0 Å². The number of aliphatic hydroxyl groups excluding tert-OH is 1. The van der Waals surface area contributed by atoms with Gasteiger partial charge < -0.3 is 24.8 Å². The zero-order chi connectivity index (χ0) is 30.2. The molecule has 2 aromatic carbocycles. The van der Waals surface area contributed by atoms with Crippen LogP contribution in [0.25, 0.3) is 0 Å². The first kappa shape index (κ1) is 29.9. The summed E-state index contributed by atoms with van der Waals surface area (Å²) in [4.78, 5) is 42.5. The molecule has 3 amide bonds. The van der Waals surface area contributed by atoms with E-state index in [9.17, 15) is 28.3 Å². The molecule has 4 atom stereocenters. The number of benzene rings is 2. The number of rotatable bonds is 6. The number of carbonyl (C=O) groups excluding carboxylic acids is 3. The second-order valence-electron chi connectivity index (χ2n) is 12.2. The minimum Gasteiger partial charge on any atom is -0.444 e. The smallest absolute Gasteiger partial charge is 0.410 e. The van der Waals surface area contributed by atoms with E-state index in [1.54, 1.807) is 25.7 Å². The summed E-state index contributed by atoms with van der Waals surface area (Å²) in [7, 11) is 0. The first-order valence-electron chi connectivity index (χ1n) is 14.3. The molecular formula is C31H37F2N3O6. The van der Waals surface area contributed by atoms with Gasteiger partial charge in [0.15, 0.2) is 0 Å². The van der Waals surface area contributed by atoms with Gasteiger partial charge in [0.05, 0.1) is 37.4 Å². The summed E-state index contributed by atoms with van der Waals surface area (Å²) in [6.45, 7) is 6.02. The number of halogens is 2. The third-order valence-corrected chi connectivity index (χ3v) is 8.09. The molecule has 2 fully saturated rings. The van der Waals surface area contributed by atoms with E-state index in [0.29, 0.717) is 19.6 Å². The lowest BCUT2D eigenvalue weighted by Gasteiger charge is -2.40. The summed E-state index contributed by atoms with van der Waals surface area (Å²) in [6, 6.07) is 10.4. The molecule has 0 radical (unpaired) electrons. The van der Waals surface area contributed by atoms with Gasteiger partial charge in [0.2, 0.25) is 0 Å². The molecule has 0 spiro atoms. The predicted molar refractivity (Wildman–Crippen MR) is 149 cm³/mol. The number of carbonyl (C=O) groups is 3. The zero-order valence-corrected chi connectivity index (χ0v) is 24.0. The molecule has 2 saturated heterocycles. The average Bonchev–Trinajstić information content (AvgIpc) is 3.20. The standard InChI is InChI=1S/C31H37F2N3O6/c1-31(2,3)42-30(40)35-15-20-7-5-4-6-18(20)13-25(35)26(37)14-34-28(38)23-11-8-19(12-24(23)27(32)33)29(39)36-21-9-10-22(36)17-41-16-21/h4-8,11-12,21-22,25-27,37H,9-10,13-17H2,1-3H3,(H,34,38)/t21?,22?,25-,26+/m0/s1. The molecule has 0 saturated carbocycles. The predicted octanol–water partition coefficient (Wildman–Crippen LogP) is 4.08. The number of nitrogens with one attached hydrogen (secondary N) is 1. The maximum Gasteiger partial charge on any atom is 0.410 e. The molecular weight excluding hydrogens is 548 g/mol. The van der Waals surface area contributed by atoms with Crippen molar-refractivity contribution in [3.8, 4) is 0 Å². The van der Waals surface area contributed by atoms with E-state index in [0.717, 1.165) is 30.0 Å². The van der Waals surface area contributed by atoms with E-state index in [-0.39, 0.29) is 42.2 Å². The Morgan fingerprint density at radius 1 is 1.07 bits per heavy atom. The van der Waals surface area contributed by atoms with Crippen molar-refractivity contribution in [3.63, 3.8) is 0 Å². The molecule has 2 aromatic rings. The number of fused-ring (bicyclic) bond motifs is 3. The quantitative estimate of drug-likeness (QED) is 0.529. The minimum absolute atomic E-state index is 0.0808. The van der Waals surface area contributed by atoms with Crippen molar-refractivity contribution < 1.29 is 37.7 Å². The van der Waals surface area contributed by atoms with E-state index >= 15 is 0 Å². The number of morpholine rings is 1. The van der Waals surface area contributed by atoms with Crippen LogP contribution in [0.4, 0.5) is 13.6 Å². The summed E-state index contributed by atoms with van der Waals surface area (Å²) >= 11 is 0. The van der Waals surface area contributed by atoms with Crippen LogP contribution < -0.4 is 5.32 Å². The number of aliphatic hydroxyl groups is 1. The fourth-order valence-electron chi connectivity index (χ4n) is 6.03. The van der Waals surface area contributed by atoms with Crippen molar-refractivity contribution in [1.29, 1.82) is 0 Å². The lowest BCUT2D eigenvalue weighted by atomic mass is 9.91. The van der Waals surface area contributed by atoms with Gasteiger partial charge >= 0.3 is 6.09 Å². The van der Waals surface area contributed by atoms with Gasteiger partial charge in [-0.05, 0) is 69.4 Å². The Hall–Kier alpha value is -3.57. The Kier molecular flexibility index (Phi) is 8.52. The average molecular weight is 586 g/mol. The monoisotopic (exact) mass is 585 g/mol. The number of ether oxygens (including phenoxy) is 2. The number of alkyl halides is 2. The van der Waals surface area contributed by atoms with Gasteiger partial charge in [-0.25, -0.2) is 13.6 Å². The van der Waals surface area contributed by atoms with Crippen molar-refractivity contribution in [3.05, 3.63) is 70.3 Å². The van der Waals surface area contributed by atoms with Gasteiger partial charge in [0.1, 0.15) is 5.60 Å². The zero-order valence-electron chi connectivity index (χ0n) is 24.0. The Morgan fingerprint density at radius 3 is 2.38 bits per heavy atom. The van der Waals surface area contributed by atoms with E-state index in [1.165, 1.54) is 17.0 Å². The highest BCUT2D eigenvalue weighted by molar-refractivity contribution is 5.99. The highest BCUT2D eigenvalue weighted by Crippen LogP contribution is 2.32. The fourth-order valence-corrected chi connectivity index (χ4v) is 6.03. The molecule has 3 aliphatic heterocycles. The van der Waals surface area contributed by atoms with Gasteiger partial charge in [0, 0.05) is 29.8 Å². The van der Waals surface area contributed by atoms with Crippen LogP contribution in [0.5, 0.6) is 0 Å². The molecule has 5 rings (SSSR count). The Balaban J connectivity index is 1.30. The van der Waals surface area contributed by atoms with E-state index in [2.05, 4.69) is 5.32 Å². The minimum atomic E-state index is -3.00. The maximum atomic E-state index is 14.1. The van der Waals surface area contributed by atoms with Gasteiger partial charge in [-0.15, -0.1) is 0 Å². The van der Waals surface area contributed by atoms with Gasteiger partial charge in [0.25, 0.3) is 18.2 Å². The van der Waals surface area contributed by atoms with E-state index in [1.807, 2.05) is 24.3 Å². The van der Waals surface area contributed by atoms with Gasteiger partial charge in [-0.2, -0.15) is 0 Å². The van der Waals surface area contributed by atoms with Crippen LogP contribution >= 0.6 is 0 Å². The highest BCUT2D eigenvalue weighted by atomic mass is 19.3. The number of nitrogens with zero attached hydrogens (tertiary/aromatic N) is 2. The topological polar surface area (TPSA) is 108 Å². The SMILES string of the molecule is CC(C)(C)OC(=O)N1Cc2ccccc2C[C@H]1[C@H](O)CNC(=O)c1ccc(C(=O)N2C3CCC2COC3)cc1C(F)F. The summed E-state index contributed by atoms with van der Waals surface area (Å²) in [5, 5.41) is 13.7. The molecule has 3 aliphatic rings. The molecule has 2 bridgehead atoms. The third kappa shape index (κ3) is 6.27. The Bertz CT molecular complexity index is 1330. The normalized spacial score (nSPS) is 22.5.